The number of carbonyl (C=O) groups is 1. The quantitative estimate of drug-likeness (QED) is 0.304. The van der Waals surface area contributed by atoms with Crippen molar-refractivity contribution in [2.24, 2.45) is 22.2 Å². The zero-order chi connectivity index (χ0) is 13.9. The van der Waals surface area contributed by atoms with Gasteiger partial charge in [0.05, 0.1) is 5.54 Å². The van der Waals surface area contributed by atoms with E-state index in [-0.39, 0.29) is 23.1 Å². The van der Waals surface area contributed by atoms with Crippen molar-refractivity contribution in [3.63, 3.8) is 0 Å². The van der Waals surface area contributed by atoms with E-state index in [9.17, 15) is 4.79 Å². The number of hydrogen-bond donors (Lipinski definition) is 3. The second-order valence-corrected chi connectivity index (χ2v) is 6.13. The standard InChI is InChI=1S/C12H25N3O2/c1-8(11(2,3)4)7-9(16)14-12(5,6)10(13)15-17/h8,17H,7H2,1-6H3,(H2,13,15)(H,14,16). The summed E-state index contributed by atoms with van der Waals surface area (Å²) in [5.74, 6) is 0.156. The third-order valence-electron chi connectivity index (χ3n) is 3.17. The van der Waals surface area contributed by atoms with Crippen LogP contribution < -0.4 is 11.1 Å². The molecule has 0 aromatic rings. The Morgan fingerprint density at radius 2 is 1.82 bits per heavy atom. The molecular weight excluding hydrogens is 218 g/mol. The van der Waals surface area contributed by atoms with E-state index in [0.717, 1.165) is 0 Å². The summed E-state index contributed by atoms with van der Waals surface area (Å²) >= 11 is 0. The Hall–Kier alpha value is -1.26. The maximum atomic E-state index is 11.8. The van der Waals surface area contributed by atoms with E-state index in [1.165, 1.54) is 0 Å². The van der Waals surface area contributed by atoms with Gasteiger partial charge in [-0.1, -0.05) is 32.9 Å². The maximum absolute atomic E-state index is 11.8. The van der Waals surface area contributed by atoms with Crippen LogP contribution in [0.25, 0.3) is 0 Å². The molecule has 5 nitrogen and oxygen atoms in total. The largest absolute Gasteiger partial charge is 0.409 e. The topological polar surface area (TPSA) is 87.7 Å². The molecule has 0 radical (unpaired) electrons. The third-order valence-corrected chi connectivity index (χ3v) is 3.17. The molecule has 0 aromatic heterocycles. The van der Waals surface area contributed by atoms with Gasteiger partial charge in [0.25, 0.3) is 0 Å². The monoisotopic (exact) mass is 243 g/mol. The number of amides is 1. The molecule has 0 spiro atoms. The molecule has 0 aliphatic rings. The summed E-state index contributed by atoms with van der Waals surface area (Å²) in [6, 6.07) is 0. The van der Waals surface area contributed by atoms with Crippen LogP contribution in [-0.2, 0) is 4.79 Å². The van der Waals surface area contributed by atoms with Gasteiger partial charge in [0.15, 0.2) is 5.84 Å². The molecule has 0 saturated heterocycles. The minimum Gasteiger partial charge on any atom is -0.409 e. The summed E-state index contributed by atoms with van der Waals surface area (Å²) in [6.45, 7) is 11.7. The van der Waals surface area contributed by atoms with Crippen molar-refractivity contribution in [3.8, 4) is 0 Å². The summed E-state index contributed by atoms with van der Waals surface area (Å²) in [7, 11) is 0. The molecule has 0 heterocycles. The van der Waals surface area contributed by atoms with E-state index >= 15 is 0 Å². The van der Waals surface area contributed by atoms with Crippen LogP contribution in [0.15, 0.2) is 5.16 Å². The average molecular weight is 243 g/mol. The van der Waals surface area contributed by atoms with Crippen molar-refractivity contribution in [1.82, 2.24) is 5.32 Å². The summed E-state index contributed by atoms with van der Waals surface area (Å²) in [5.41, 5.74) is 4.75. The highest BCUT2D eigenvalue weighted by Gasteiger charge is 2.28. The zero-order valence-corrected chi connectivity index (χ0v) is 11.7. The molecule has 0 saturated carbocycles. The minimum absolute atomic E-state index is 0.00531. The molecule has 0 rings (SSSR count). The van der Waals surface area contributed by atoms with Crippen molar-refractivity contribution >= 4 is 11.7 Å². The molecule has 1 amide bonds. The Morgan fingerprint density at radius 1 is 1.35 bits per heavy atom. The molecule has 1 unspecified atom stereocenters. The first-order chi connectivity index (χ1) is 7.50. The molecule has 4 N–H and O–H groups in total. The van der Waals surface area contributed by atoms with Crippen LogP contribution in [0.3, 0.4) is 0 Å². The van der Waals surface area contributed by atoms with Crippen LogP contribution in [0, 0.1) is 11.3 Å². The SMILES string of the molecule is CC(CC(=O)NC(C)(C)/C(N)=N/O)C(C)(C)C. The highest BCUT2D eigenvalue weighted by molar-refractivity contribution is 5.93. The fourth-order valence-electron chi connectivity index (χ4n) is 1.17. The number of nitrogens with two attached hydrogens (primary N) is 1. The summed E-state index contributed by atoms with van der Waals surface area (Å²) < 4.78 is 0. The lowest BCUT2D eigenvalue weighted by Crippen LogP contribution is -2.53. The van der Waals surface area contributed by atoms with Crippen LogP contribution in [-0.4, -0.2) is 22.5 Å². The first kappa shape index (κ1) is 15.7. The normalized spacial score (nSPS) is 15.5. The highest BCUT2D eigenvalue weighted by Crippen LogP contribution is 2.27. The van der Waals surface area contributed by atoms with E-state index in [1.807, 2.05) is 6.92 Å². The number of oxime groups is 1. The van der Waals surface area contributed by atoms with Gasteiger partial charge in [-0.05, 0) is 25.2 Å². The van der Waals surface area contributed by atoms with Gasteiger partial charge in [0.2, 0.25) is 5.91 Å². The molecule has 0 fully saturated rings. The van der Waals surface area contributed by atoms with Gasteiger partial charge in [-0.2, -0.15) is 0 Å². The maximum Gasteiger partial charge on any atom is 0.221 e. The van der Waals surface area contributed by atoms with E-state index in [0.29, 0.717) is 6.42 Å². The van der Waals surface area contributed by atoms with Crippen LogP contribution in [0.5, 0.6) is 0 Å². The Kier molecular flexibility index (Phi) is 4.98. The summed E-state index contributed by atoms with van der Waals surface area (Å²) in [5, 5.41) is 14.3. The highest BCUT2D eigenvalue weighted by atomic mass is 16.4. The molecule has 0 aliphatic carbocycles. The molecule has 0 bridgehead atoms. The first-order valence-electron chi connectivity index (χ1n) is 5.79. The van der Waals surface area contributed by atoms with Crippen LogP contribution in [0.1, 0.15) is 48.0 Å². The van der Waals surface area contributed by atoms with Crippen LogP contribution in [0.2, 0.25) is 0 Å². The van der Waals surface area contributed by atoms with E-state index in [2.05, 4.69) is 31.2 Å². The molecule has 1 atom stereocenters. The van der Waals surface area contributed by atoms with Crippen molar-refractivity contribution in [2.75, 3.05) is 0 Å². The lowest BCUT2D eigenvalue weighted by Gasteiger charge is -2.29. The number of hydrogen-bond acceptors (Lipinski definition) is 3. The van der Waals surface area contributed by atoms with Crippen LogP contribution in [0.4, 0.5) is 0 Å². The van der Waals surface area contributed by atoms with Gasteiger partial charge in [0, 0.05) is 6.42 Å². The molecule has 0 aromatic carbocycles. The van der Waals surface area contributed by atoms with Gasteiger partial charge >= 0.3 is 0 Å². The van der Waals surface area contributed by atoms with Gasteiger partial charge < -0.3 is 16.3 Å². The zero-order valence-electron chi connectivity index (χ0n) is 11.7. The lowest BCUT2D eigenvalue weighted by molar-refractivity contribution is -0.123. The Morgan fingerprint density at radius 3 is 2.18 bits per heavy atom. The Bertz CT molecular complexity index is 303. The number of nitrogens with zero attached hydrogens (tertiary/aromatic N) is 1. The van der Waals surface area contributed by atoms with Crippen molar-refractivity contribution in [1.29, 1.82) is 0 Å². The third kappa shape index (κ3) is 5.06. The van der Waals surface area contributed by atoms with E-state index < -0.39 is 5.54 Å². The van der Waals surface area contributed by atoms with Crippen molar-refractivity contribution in [2.45, 2.75) is 53.5 Å². The molecule has 100 valence electrons. The van der Waals surface area contributed by atoms with Crippen LogP contribution >= 0.6 is 0 Å². The first-order valence-corrected chi connectivity index (χ1v) is 5.79. The number of carbonyl (C=O) groups excluding carboxylic acids is 1. The van der Waals surface area contributed by atoms with Gasteiger partial charge in [0.1, 0.15) is 0 Å². The predicted octanol–water partition coefficient (Wildman–Crippen LogP) is 1.70. The van der Waals surface area contributed by atoms with Crippen molar-refractivity contribution < 1.29 is 10.0 Å². The smallest absolute Gasteiger partial charge is 0.221 e. The number of rotatable bonds is 4. The molecule has 0 aliphatic heterocycles. The van der Waals surface area contributed by atoms with Crippen molar-refractivity contribution in [3.05, 3.63) is 0 Å². The lowest BCUT2D eigenvalue weighted by atomic mass is 9.80. The minimum atomic E-state index is -0.830. The van der Waals surface area contributed by atoms with E-state index in [1.54, 1.807) is 13.8 Å². The fourth-order valence-corrected chi connectivity index (χ4v) is 1.17. The Balaban J connectivity index is 4.48. The second kappa shape index (κ2) is 5.38. The molecule has 5 heteroatoms. The fraction of sp³-hybridized carbons (Fsp3) is 0.833. The summed E-state index contributed by atoms with van der Waals surface area (Å²) in [4.78, 5) is 11.8. The summed E-state index contributed by atoms with van der Waals surface area (Å²) in [6.07, 6.45) is 0.422. The number of nitrogens with one attached hydrogen (secondary N) is 1. The molecule has 17 heavy (non-hydrogen) atoms. The van der Waals surface area contributed by atoms with E-state index in [4.69, 9.17) is 10.9 Å². The number of amidine groups is 1. The van der Waals surface area contributed by atoms with Gasteiger partial charge in [-0.3, -0.25) is 4.79 Å². The molecular formula is C12H25N3O2. The van der Waals surface area contributed by atoms with Gasteiger partial charge in [-0.25, -0.2) is 0 Å². The Labute approximate surface area is 103 Å². The van der Waals surface area contributed by atoms with Gasteiger partial charge in [-0.15, -0.1) is 0 Å². The second-order valence-electron chi connectivity index (χ2n) is 6.13. The predicted molar refractivity (Wildman–Crippen MR) is 68.9 cm³/mol. The average Bonchev–Trinajstić information content (AvgIpc) is 2.13.